The number of amides is 2. The van der Waals surface area contributed by atoms with Crippen molar-refractivity contribution < 1.29 is 13.6 Å². The highest BCUT2D eigenvalue weighted by atomic mass is 32.2. The van der Waals surface area contributed by atoms with Gasteiger partial charge >= 0.3 is 6.03 Å². The molecule has 9 heteroatoms. The van der Waals surface area contributed by atoms with Gasteiger partial charge in [-0.2, -0.15) is 0 Å². The van der Waals surface area contributed by atoms with Gasteiger partial charge in [-0.1, -0.05) is 84.9 Å². The minimum atomic E-state index is -2.54. The molecule has 0 spiro atoms. The van der Waals surface area contributed by atoms with E-state index in [0.29, 0.717) is 29.0 Å². The van der Waals surface area contributed by atoms with Crippen molar-refractivity contribution in [2.24, 2.45) is 5.73 Å². The largest absolute Gasteiger partial charge is 0.755 e. The van der Waals surface area contributed by atoms with E-state index >= 15 is 0 Å². The zero-order valence-electron chi connectivity index (χ0n) is 19.9. The van der Waals surface area contributed by atoms with Crippen LogP contribution in [0.4, 0.5) is 16.2 Å². The van der Waals surface area contributed by atoms with E-state index in [1.165, 1.54) is 0 Å². The Hall–Kier alpha value is -4.47. The van der Waals surface area contributed by atoms with E-state index in [9.17, 15) is 13.6 Å². The van der Waals surface area contributed by atoms with Gasteiger partial charge in [0.1, 0.15) is 5.84 Å². The number of rotatable bonds is 9. The Bertz CT molecular complexity index is 1410. The van der Waals surface area contributed by atoms with Crippen LogP contribution in [-0.2, 0) is 24.4 Å². The fourth-order valence-electron chi connectivity index (χ4n) is 3.93. The van der Waals surface area contributed by atoms with Gasteiger partial charge < -0.3 is 25.2 Å². The van der Waals surface area contributed by atoms with Crippen LogP contribution in [-0.4, -0.2) is 25.5 Å². The maximum absolute atomic E-state index is 13.4. The molecular weight excluding hydrogens is 486 g/mol. The molecule has 0 radical (unpaired) electrons. The third kappa shape index (κ3) is 7.03. The number of urea groups is 1. The number of carbonyl (C=O) groups excluding carboxylic acids is 1. The van der Waals surface area contributed by atoms with E-state index in [4.69, 9.17) is 11.1 Å². The first-order valence-electron chi connectivity index (χ1n) is 11.5. The van der Waals surface area contributed by atoms with Crippen molar-refractivity contribution in [2.75, 3.05) is 10.0 Å². The van der Waals surface area contributed by atoms with Crippen molar-refractivity contribution in [3.63, 3.8) is 0 Å². The second-order valence-corrected chi connectivity index (χ2v) is 9.02. The summed E-state index contributed by atoms with van der Waals surface area (Å²) in [6, 6.07) is 30.9. The molecule has 1 unspecified atom stereocenters. The first-order valence-corrected chi connectivity index (χ1v) is 12.5. The van der Waals surface area contributed by atoms with E-state index in [2.05, 4.69) is 10.0 Å². The number of anilines is 2. The molecule has 4 aromatic carbocycles. The molecule has 0 aliphatic carbocycles. The van der Waals surface area contributed by atoms with Crippen molar-refractivity contribution in [1.29, 1.82) is 5.41 Å². The van der Waals surface area contributed by atoms with Crippen LogP contribution < -0.4 is 15.8 Å². The van der Waals surface area contributed by atoms with E-state index in [1.54, 1.807) is 41.3 Å². The van der Waals surface area contributed by atoms with Gasteiger partial charge in [-0.15, -0.1) is 0 Å². The lowest BCUT2D eigenvalue weighted by molar-refractivity contribution is 0.206. The average molecular weight is 513 g/mol. The van der Waals surface area contributed by atoms with E-state index in [-0.39, 0.29) is 18.4 Å². The lowest BCUT2D eigenvalue weighted by Crippen LogP contribution is -2.34. The summed E-state index contributed by atoms with van der Waals surface area (Å²) in [5.74, 6) is -0.0461. The van der Waals surface area contributed by atoms with Gasteiger partial charge in [-0.05, 0) is 34.9 Å². The van der Waals surface area contributed by atoms with Crippen molar-refractivity contribution in [3.05, 3.63) is 120 Å². The van der Waals surface area contributed by atoms with Gasteiger partial charge in [-0.25, -0.2) is 4.79 Å². The fourth-order valence-corrected chi connectivity index (χ4v) is 4.28. The summed E-state index contributed by atoms with van der Waals surface area (Å²) >= 11 is -2.54. The summed E-state index contributed by atoms with van der Waals surface area (Å²) in [4.78, 5) is 15.1. The Kier molecular flexibility index (Phi) is 8.29. The van der Waals surface area contributed by atoms with Crippen LogP contribution in [0.15, 0.2) is 103 Å². The Morgan fingerprint density at radius 1 is 0.865 bits per heavy atom. The molecule has 0 aromatic heterocycles. The zero-order valence-corrected chi connectivity index (χ0v) is 20.7. The molecule has 0 fully saturated rings. The highest BCUT2D eigenvalue weighted by molar-refractivity contribution is 7.80. The molecule has 8 nitrogen and oxygen atoms in total. The second-order valence-electron chi connectivity index (χ2n) is 8.35. The summed E-state index contributed by atoms with van der Waals surface area (Å²) in [5, 5.41) is 10.6. The number of carbonyl (C=O) groups is 1. The zero-order chi connectivity index (χ0) is 26.2. The van der Waals surface area contributed by atoms with Crippen LogP contribution in [0.3, 0.4) is 0 Å². The van der Waals surface area contributed by atoms with E-state index in [1.807, 2.05) is 66.7 Å². The first-order chi connectivity index (χ1) is 17.9. The molecule has 0 aliphatic rings. The molecule has 0 aliphatic heterocycles. The maximum Gasteiger partial charge on any atom is 0.322 e. The molecular formula is C28H26N5O3S-. The Labute approximate surface area is 218 Å². The Morgan fingerprint density at radius 2 is 1.51 bits per heavy atom. The minimum Gasteiger partial charge on any atom is -0.755 e. The van der Waals surface area contributed by atoms with Crippen LogP contribution in [0.1, 0.15) is 16.7 Å². The highest BCUT2D eigenvalue weighted by Gasteiger charge is 2.17. The van der Waals surface area contributed by atoms with Crippen molar-refractivity contribution >= 4 is 34.5 Å². The van der Waals surface area contributed by atoms with E-state index < -0.39 is 11.3 Å². The summed E-state index contributed by atoms with van der Waals surface area (Å²) in [5.41, 5.74) is 10.3. The van der Waals surface area contributed by atoms with Gasteiger partial charge in [0, 0.05) is 41.2 Å². The molecule has 4 aromatic rings. The van der Waals surface area contributed by atoms with Crippen LogP contribution in [0.2, 0.25) is 0 Å². The third-order valence-corrected chi connectivity index (χ3v) is 6.05. The first kappa shape index (κ1) is 25.6. The van der Waals surface area contributed by atoms with Gasteiger partial charge in [0.25, 0.3) is 0 Å². The fraction of sp³-hybridized carbons (Fsp3) is 0.0714. The predicted molar refractivity (Wildman–Crippen MR) is 147 cm³/mol. The van der Waals surface area contributed by atoms with Crippen LogP contribution in [0.25, 0.3) is 11.1 Å². The normalized spacial score (nSPS) is 11.4. The van der Waals surface area contributed by atoms with Gasteiger partial charge in [-0.3, -0.25) is 9.62 Å². The van der Waals surface area contributed by atoms with E-state index in [0.717, 1.165) is 16.7 Å². The number of nitrogens with zero attached hydrogens (tertiary/aromatic N) is 1. The molecule has 37 heavy (non-hydrogen) atoms. The van der Waals surface area contributed by atoms with Gasteiger partial charge in [0.2, 0.25) is 0 Å². The van der Waals surface area contributed by atoms with Crippen LogP contribution >= 0.6 is 0 Å². The molecule has 4 rings (SSSR count). The molecule has 188 valence electrons. The average Bonchev–Trinajstić information content (AvgIpc) is 2.89. The van der Waals surface area contributed by atoms with Crippen LogP contribution in [0.5, 0.6) is 0 Å². The summed E-state index contributed by atoms with van der Waals surface area (Å²) in [6.07, 6.45) is 0. The molecule has 5 N–H and O–H groups in total. The topological polar surface area (TPSA) is 134 Å². The number of amidine groups is 1. The Balaban J connectivity index is 1.61. The summed E-state index contributed by atoms with van der Waals surface area (Å²) < 4.78 is 25.3. The lowest BCUT2D eigenvalue weighted by atomic mass is 10.0. The lowest BCUT2D eigenvalue weighted by Gasteiger charge is -2.24. The predicted octanol–water partition coefficient (Wildman–Crippen LogP) is 5.08. The number of nitrogens with two attached hydrogens (primary N) is 1. The monoisotopic (exact) mass is 512 g/mol. The van der Waals surface area contributed by atoms with Crippen molar-refractivity contribution in [1.82, 2.24) is 4.90 Å². The minimum absolute atomic E-state index is 0.0461. The van der Waals surface area contributed by atoms with Gasteiger partial charge in [0.05, 0.1) is 5.69 Å². The van der Waals surface area contributed by atoms with Gasteiger partial charge in [0.15, 0.2) is 0 Å². The molecule has 0 bridgehead atoms. The number of nitrogens with one attached hydrogen (secondary N) is 3. The molecule has 1 atom stereocenters. The Morgan fingerprint density at radius 3 is 2.19 bits per heavy atom. The number of nitrogen functional groups attached to an aromatic ring is 1. The third-order valence-electron chi connectivity index (χ3n) is 5.66. The maximum atomic E-state index is 13.4. The molecule has 2 amide bonds. The molecule has 0 saturated carbocycles. The summed E-state index contributed by atoms with van der Waals surface area (Å²) in [7, 11) is 0. The quantitative estimate of drug-likeness (QED) is 0.141. The summed E-state index contributed by atoms with van der Waals surface area (Å²) in [6.45, 7) is 0.619. The van der Waals surface area contributed by atoms with Crippen LogP contribution in [0, 0.1) is 5.41 Å². The van der Waals surface area contributed by atoms with Crippen molar-refractivity contribution in [2.45, 2.75) is 13.1 Å². The smallest absolute Gasteiger partial charge is 0.322 e. The second kappa shape index (κ2) is 12.0. The van der Waals surface area contributed by atoms with Crippen molar-refractivity contribution in [3.8, 4) is 11.1 Å². The number of hydrogen-bond donors (Lipinski definition) is 4. The highest BCUT2D eigenvalue weighted by Crippen LogP contribution is 2.31. The standard InChI is InChI=1S/C28H27N5O3S/c29-27(30)23-13-7-10-21(16-23)19-33(18-20-8-3-1-4-9-20)28(34)31-24-14-15-25(22-11-5-2-6-12-22)26(17-24)32-37(35)36/h1-17,32H,18-19H2,(H3,29,30)(H,31,34)(H,35,36)/p-1. The number of benzene rings is 4. The molecule has 0 saturated heterocycles. The SMILES string of the molecule is N=C(N)c1cccc(CN(Cc2ccccc2)C(=O)Nc2ccc(-c3ccccc3)c(NS(=O)[O-])c2)c1. The molecule has 0 heterocycles. The number of hydrogen-bond acceptors (Lipinski definition) is 4.